The summed E-state index contributed by atoms with van der Waals surface area (Å²) in [6.07, 6.45) is 0. The standard InChI is InChI=1S/C22H21ClN2O4/c1-13-6-14(2)8-16(7-13)22(27)24-11-20(26)29-12-17-9-15-4-5-18(28-3)10-19(15)25-21(17)23/h4-10H,11-12H2,1-3H3,(H,24,27). The zero-order valence-corrected chi connectivity index (χ0v) is 17.2. The molecule has 2 aromatic carbocycles. The van der Waals surface area contributed by atoms with E-state index in [4.69, 9.17) is 21.1 Å². The van der Waals surface area contributed by atoms with Gasteiger partial charge in [0.2, 0.25) is 0 Å². The predicted molar refractivity (Wildman–Crippen MR) is 111 cm³/mol. The minimum Gasteiger partial charge on any atom is -0.497 e. The van der Waals surface area contributed by atoms with Crippen LogP contribution in [-0.4, -0.2) is 30.5 Å². The SMILES string of the molecule is COc1ccc2cc(COC(=O)CNC(=O)c3cc(C)cc(C)c3)c(Cl)nc2c1. The fourth-order valence-electron chi connectivity index (χ4n) is 2.96. The number of aromatic nitrogens is 1. The van der Waals surface area contributed by atoms with Gasteiger partial charge < -0.3 is 14.8 Å². The Kier molecular flexibility index (Phi) is 6.34. The lowest BCUT2D eigenvalue weighted by Gasteiger charge is -2.10. The zero-order valence-electron chi connectivity index (χ0n) is 16.4. The van der Waals surface area contributed by atoms with Crippen LogP contribution in [0, 0.1) is 13.8 Å². The molecule has 0 bridgehead atoms. The van der Waals surface area contributed by atoms with Gasteiger partial charge in [-0.2, -0.15) is 0 Å². The van der Waals surface area contributed by atoms with Crippen molar-refractivity contribution in [3.8, 4) is 5.75 Å². The molecule has 0 aliphatic rings. The van der Waals surface area contributed by atoms with Crippen LogP contribution in [0.25, 0.3) is 10.9 Å². The molecule has 0 saturated carbocycles. The van der Waals surface area contributed by atoms with Crippen LogP contribution in [0.2, 0.25) is 5.15 Å². The Labute approximate surface area is 173 Å². The number of benzene rings is 2. The van der Waals surface area contributed by atoms with Gasteiger partial charge in [0, 0.05) is 22.6 Å². The van der Waals surface area contributed by atoms with Gasteiger partial charge in [0.25, 0.3) is 5.91 Å². The van der Waals surface area contributed by atoms with Crippen molar-refractivity contribution >= 4 is 34.4 Å². The summed E-state index contributed by atoms with van der Waals surface area (Å²) >= 11 is 6.21. The van der Waals surface area contributed by atoms with Crippen LogP contribution >= 0.6 is 11.6 Å². The Morgan fingerprint density at radius 3 is 2.48 bits per heavy atom. The monoisotopic (exact) mass is 412 g/mol. The fourth-order valence-corrected chi connectivity index (χ4v) is 3.17. The van der Waals surface area contributed by atoms with Gasteiger partial charge in [0.05, 0.1) is 12.6 Å². The van der Waals surface area contributed by atoms with E-state index in [1.807, 2.05) is 38.1 Å². The molecule has 0 aliphatic heterocycles. The first-order valence-corrected chi connectivity index (χ1v) is 9.39. The number of aryl methyl sites for hydroxylation is 2. The van der Waals surface area contributed by atoms with Gasteiger partial charge >= 0.3 is 5.97 Å². The number of esters is 1. The van der Waals surface area contributed by atoms with Crippen LogP contribution in [0.15, 0.2) is 42.5 Å². The Bertz CT molecular complexity index is 1060. The van der Waals surface area contributed by atoms with Crippen molar-refractivity contribution in [1.82, 2.24) is 10.3 Å². The van der Waals surface area contributed by atoms with Gasteiger partial charge in [0.1, 0.15) is 24.1 Å². The van der Waals surface area contributed by atoms with Crippen LogP contribution in [0.3, 0.4) is 0 Å². The van der Waals surface area contributed by atoms with E-state index in [0.717, 1.165) is 16.5 Å². The van der Waals surface area contributed by atoms with Gasteiger partial charge in [0.15, 0.2) is 0 Å². The molecule has 0 fully saturated rings. The van der Waals surface area contributed by atoms with Crippen molar-refractivity contribution in [3.05, 3.63) is 69.9 Å². The summed E-state index contributed by atoms with van der Waals surface area (Å²) in [6.45, 7) is 3.55. The Morgan fingerprint density at radius 2 is 1.79 bits per heavy atom. The van der Waals surface area contributed by atoms with Gasteiger partial charge in [-0.3, -0.25) is 9.59 Å². The minimum absolute atomic E-state index is 0.0357. The summed E-state index contributed by atoms with van der Waals surface area (Å²) in [7, 11) is 1.58. The molecular formula is C22H21ClN2O4. The molecule has 0 spiro atoms. The first kappa shape index (κ1) is 20.6. The summed E-state index contributed by atoms with van der Waals surface area (Å²) in [5, 5.41) is 3.67. The second-order valence-corrected chi connectivity index (χ2v) is 7.07. The number of nitrogens with one attached hydrogen (secondary N) is 1. The molecule has 1 amide bonds. The number of nitrogens with zero attached hydrogens (tertiary/aromatic N) is 1. The molecule has 7 heteroatoms. The van der Waals surface area contributed by atoms with Gasteiger partial charge in [-0.05, 0) is 44.2 Å². The predicted octanol–water partition coefficient (Wildman–Crippen LogP) is 3.99. The van der Waals surface area contributed by atoms with Crippen molar-refractivity contribution in [2.24, 2.45) is 0 Å². The average molecular weight is 413 g/mol. The lowest BCUT2D eigenvalue weighted by molar-refractivity contribution is -0.143. The van der Waals surface area contributed by atoms with Gasteiger partial charge in [-0.15, -0.1) is 0 Å². The van der Waals surface area contributed by atoms with E-state index in [-0.39, 0.29) is 24.2 Å². The third-order valence-corrected chi connectivity index (χ3v) is 4.64. The maximum absolute atomic E-state index is 12.2. The van der Waals surface area contributed by atoms with Crippen LogP contribution in [-0.2, 0) is 16.1 Å². The van der Waals surface area contributed by atoms with E-state index in [0.29, 0.717) is 22.4 Å². The molecule has 3 aromatic rings. The summed E-state index contributed by atoms with van der Waals surface area (Å²) in [4.78, 5) is 28.6. The van der Waals surface area contributed by atoms with E-state index < -0.39 is 5.97 Å². The molecule has 29 heavy (non-hydrogen) atoms. The number of carbonyl (C=O) groups excluding carboxylic acids is 2. The van der Waals surface area contributed by atoms with Crippen molar-refractivity contribution < 1.29 is 19.1 Å². The quantitative estimate of drug-likeness (QED) is 0.489. The highest BCUT2D eigenvalue weighted by atomic mass is 35.5. The Hall–Kier alpha value is -3.12. The van der Waals surface area contributed by atoms with E-state index in [9.17, 15) is 9.59 Å². The highest BCUT2D eigenvalue weighted by Gasteiger charge is 2.12. The number of methoxy groups -OCH3 is 1. The normalized spacial score (nSPS) is 10.6. The largest absolute Gasteiger partial charge is 0.497 e. The molecule has 1 aromatic heterocycles. The first-order valence-electron chi connectivity index (χ1n) is 9.01. The minimum atomic E-state index is -0.561. The van der Waals surface area contributed by atoms with Crippen molar-refractivity contribution in [1.29, 1.82) is 0 Å². The number of pyridine rings is 1. The van der Waals surface area contributed by atoms with Crippen LogP contribution in [0.1, 0.15) is 27.0 Å². The molecule has 0 saturated heterocycles. The van der Waals surface area contributed by atoms with Crippen LogP contribution in [0.4, 0.5) is 0 Å². The summed E-state index contributed by atoms with van der Waals surface area (Å²) in [6, 6.07) is 12.8. The number of hydrogen-bond acceptors (Lipinski definition) is 5. The topological polar surface area (TPSA) is 77.5 Å². The van der Waals surface area contributed by atoms with Crippen molar-refractivity contribution in [2.75, 3.05) is 13.7 Å². The highest BCUT2D eigenvalue weighted by Crippen LogP contribution is 2.24. The number of halogens is 1. The number of ether oxygens (including phenoxy) is 2. The summed E-state index contributed by atoms with van der Waals surface area (Å²) in [5.74, 6) is -0.207. The number of rotatable bonds is 6. The lowest BCUT2D eigenvalue weighted by atomic mass is 10.1. The second kappa shape index (κ2) is 8.92. The van der Waals surface area contributed by atoms with Crippen LogP contribution < -0.4 is 10.1 Å². The summed E-state index contributed by atoms with van der Waals surface area (Å²) < 4.78 is 10.4. The molecule has 0 atom stereocenters. The molecule has 6 nitrogen and oxygen atoms in total. The van der Waals surface area contributed by atoms with Crippen molar-refractivity contribution in [3.63, 3.8) is 0 Å². The van der Waals surface area contributed by atoms with E-state index >= 15 is 0 Å². The lowest BCUT2D eigenvalue weighted by Crippen LogP contribution is -2.30. The van der Waals surface area contributed by atoms with E-state index in [1.54, 1.807) is 25.3 Å². The first-order chi connectivity index (χ1) is 13.9. The molecule has 0 aliphatic carbocycles. The summed E-state index contributed by atoms with van der Waals surface area (Å²) in [5.41, 5.74) is 3.73. The van der Waals surface area contributed by atoms with Gasteiger partial charge in [-0.1, -0.05) is 28.8 Å². The third-order valence-electron chi connectivity index (χ3n) is 4.32. The molecule has 0 unspecified atom stereocenters. The molecule has 0 radical (unpaired) electrons. The smallest absolute Gasteiger partial charge is 0.325 e. The van der Waals surface area contributed by atoms with E-state index in [2.05, 4.69) is 10.3 Å². The molecule has 3 rings (SSSR count). The number of hydrogen-bond donors (Lipinski definition) is 1. The highest BCUT2D eigenvalue weighted by molar-refractivity contribution is 6.30. The van der Waals surface area contributed by atoms with Gasteiger partial charge in [-0.25, -0.2) is 4.98 Å². The maximum atomic E-state index is 12.2. The number of carbonyl (C=O) groups is 2. The molecule has 150 valence electrons. The fraction of sp³-hybridized carbons (Fsp3) is 0.227. The average Bonchev–Trinajstić information content (AvgIpc) is 2.69. The van der Waals surface area contributed by atoms with E-state index in [1.165, 1.54) is 0 Å². The zero-order chi connectivity index (χ0) is 21.0. The maximum Gasteiger partial charge on any atom is 0.325 e. The second-order valence-electron chi connectivity index (χ2n) is 6.72. The third kappa shape index (κ3) is 5.23. The molecule has 1 N–H and O–H groups in total. The number of amides is 1. The number of fused-ring (bicyclic) bond motifs is 1. The molecular weight excluding hydrogens is 392 g/mol. The Balaban J connectivity index is 1.59. The van der Waals surface area contributed by atoms with Crippen LogP contribution in [0.5, 0.6) is 5.75 Å². The van der Waals surface area contributed by atoms with Crippen molar-refractivity contribution in [2.45, 2.75) is 20.5 Å². The Morgan fingerprint density at radius 1 is 1.07 bits per heavy atom. The molecule has 1 heterocycles.